The lowest BCUT2D eigenvalue weighted by atomic mass is 9.96. The lowest BCUT2D eigenvalue weighted by Gasteiger charge is -2.30. The summed E-state index contributed by atoms with van der Waals surface area (Å²) in [6, 6.07) is 0. The number of ether oxygens (including phenoxy) is 2. The van der Waals surface area contributed by atoms with E-state index < -0.39 is 64.0 Å². The SMILES string of the molecule is CCOC(=O)C(C)(CCCC(F)(F)C(F)(F)S(=O)(=O)O)OC(=O)C1CCCC1. The maximum atomic E-state index is 13.6. The van der Waals surface area contributed by atoms with Crippen LogP contribution in [0.25, 0.3) is 0 Å². The van der Waals surface area contributed by atoms with Crippen molar-refractivity contribution in [3.8, 4) is 0 Å². The third-order valence-corrected chi connectivity index (χ3v) is 5.56. The Balaban J connectivity index is 2.87. The van der Waals surface area contributed by atoms with Crippen LogP contribution in [0.1, 0.15) is 58.8 Å². The van der Waals surface area contributed by atoms with E-state index in [4.69, 9.17) is 14.0 Å². The molecule has 1 fully saturated rings. The lowest BCUT2D eigenvalue weighted by Crippen LogP contribution is -2.47. The largest absolute Gasteiger partial charge is 0.463 e. The molecule has 1 aliphatic carbocycles. The van der Waals surface area contributed by atoms with Crippen LogP contribution in [0.15, 0.2) is 0 Å². The van der Waals surface area contributed by atoms with Crippen LogP contribution < -0.4 is 0 Å². The van der Waals surface area contributed by atoms with Gasteiger partial charge in [-0.2, -0.15) is 26.0 Å². The zero-order chi connectivity index (χ0) is 21.8. The summed E-state index contributed by atoms with van der Waals surface area (Å²) in [6.07, 6.45) is -0.366. The Labute approximate surface area is 160 Å². The highest BCUT2D eigenvalue weighted by Gasteiger charge is 2.65. The van der Waals surface area contributed by atoms with Gasteiger partial charge in [-0.25, -0.2) is 4.79 Å². The first-order valence-corrected chi connectivity index (χ1v) is 10.2. The smallest absolute Gasteiger partial charge is 0.431 e. The quantitative estimate of drug-likeness (QED) is 0.318. The Hall–Kier alpha value is -1.43. The van der Waals surface area contributed by atoms with Crippen molar-refractivity contribution < 1.29 is 49.6 Å². The standard InChI is InChI=1S/C16H24F4O7S/c1-3-26-13(22)14(2,27-12(21)11-7-4-5-8-11)9-6-10-15(17,18)16(19,20)28(23,24)25/h11H,3-10H2,1-2H3,(H,23,24,25). The van der Waals surface area contributed by atoms with Gasteiger partial charge < -0.3 is 9.47 Å². The molecule has 0 heterocycles. The fourth-order valence-electron chi connectivity index (χ4n) is 2.93. The predicted octanol–water partition coefficient (Wildman–Crippen LogP) is 3.33. The van der Waals surface area contributed by atoms with Crippen molar-refractivity contribution in [2.75, 3.05) is 6.61 Å². The number of hydrogen-bond acceptors (Lipinski definition) is 6. The molecule has 1 unspecified atom stereocenters. The molecule has 0 aliphatic heterocycles. The molecule has 0 aromatic carbocycles. The van der Waals surface area contributed by atoms with Gasteiger partial charge in [0.15, 0.2) is 0 Å². The Morgan fingerprint density at radius 3 is 2.11 bits per heavy atom. The minimum absolute atomic E-state index is 0.0909. The van der Waals surface area contributed by atoms with Crippen molar-refractivity contribution >= 4 is 22.1 Å². The first-order chi connectivity index (χ1) is 12.7. The molecular formula is C16H24F4O7S. The summed E-state index contributed by atoms with van der Waals surface area (Å²) in [5, 5.41) is -5.69. The minimum atomic E-state index is -6.34. The van der Waals surface area contributed by atoms with Gasteiger partial charge in [0.1, 0.15) is 0 Å². The highest BCUT2D eigenvalue weighted by molar-refractivity contribution is 7.87. The number of esters is 2. The van der Waals surface area contributed by atoms with Crippen LogP contribution in [-0.2, 0) is 29.2 Å². The summed E-state index contributed by atoms with van der Waals surface area (Å²) < 4.78 is 93.1. The molecule has 0 spiro atoms. The average molecular weight is 436 g/mol. The molecule has 1 rings (SSSR count). The van der Waals surface area contributed by atoms with Crippen LogP contribution >= 0.6 is 0 Å². The number of rotatable bonds is 10. The van der Waals surface area contributed by atoms with E-state index in [9.17, 15) is 35.6 Å². The normalized spacial score (nSPS) is 18.5. The molecule has 0 aromatic heterocycles. The average Bonchev–Trinajstić information content (AvgIpc) is 3.08. The minimum Gasteiger partial charge on any atom is -0.463 e. The number of hydrogen-bond donors (Lipinski definition) is 1. The van der Waals surface area contributed by atoms with E-state index in [0.717, 1.165) is 19.8 Å². The molecule has 1 atom stereocenters. The van der Waals surface area contributed by atoms with Crippen LogP contribution in [0.2, 0.25) is 0 Å². The van der Waals surface area contributed by atoms with Crippen LogP contribution in [0.5, 0.6) is 0 Å². The maximum absolute atomic E-state index is 13.6. The van der Waals surface area contributed by atoms with Crippen molar-refractivity contribution in [3.05, 3.63) is 0 Å². The summed E-state index contributed by atoms with van der Waals surface area (Å²) in [4.78, 5) is 24.4. The number of alkyl halides is 4. The molecule has 7 nitrogen and oxygen atoms in total. The molecular weight excluding hydrogens is 412 g/mol. The third-order valence-electron chi connectivity index (χ3n) is 4.62. The molecule has 0 amide bonds. The second-order valence-corrected chi connectivity index (χ2v) is 8.37. The van der Waals surface area contributed by atoms with Crippen molar-refractivity contribution in [3.63, 3.8) is 0 Å². The van der Waals surface area contributed by atoms with Gasteiger partial charge in [0, 0.05) is 6.42 Å². The van der Waals surface area contributed by atoms with Crippen molar-refractivity contribution in [1.82, 2.24) is 0 Å². The maximum Gasteiger partial charge on any atom is 0.431 e. The summed E-state index contributed by atoms with van der Waals surface area (Å²) in [7, 11) is -6.34. The van der Waals surface area contributed by atoms with E-state index in [1.165, 1.54) is 6.92 Å². The van der Waals surface area contributed by atoms with E-state index in [2.05, 4.69) is 0 Å². The fourth-order valence-corrected chi connectivity index (χ4v) is 3.41. The zero-order valence-electron chi connectivity index (χ0n) is 15.6. The topological polar surface area (TPSA) is 107 Å². The summed E-state index contributed by atoms with van der Waals surface area (Å²) in [5.74, 6) is -7.26. The second kappa shape index (κ2) is 8.93. The molecule has 12 heteroatoms. The Bertz CT molecular complexity index is 674. The van der Waals surface area contributed by atoms with Crippen molar-refractivity contribution in [2.24, 2.45) is 5.92 Å². The monoisotopic (exact) mass is 436 g/mol. The first-order valence-electron chi connectivity index (χ1n) is 8.80. The van der Waals surface area contributed by atoms with Crippen molar-refractivity contribution in [1.29, 1.82) is 0 Å². The molecule has 0 saturated heterocycles. The van der Waals surface area contributed by atoms with E-state index in [0.29, 0.717) is 12.8 Å². The van der Waals surface area contributed by atoms with Gasteiger partial charge in [-0.1, -0.05) is 12.8 Å². The molecule has 0 aromatic rings. The summed E-state index contributed by atoms with van der Waals surface area (Å²) in [5.41, 5.74) is -1.99. The van der Waals surface area contributed by atoms with Crippen LogP contribution in [0.4, 0.5) is 17.6 Å². The molecule has 1 aliphatic rings. The Kier molecular flexibility index (Phi) is 7.85. The van der Waals surface area contributed by atoms with Gasteiger partial charge in [-0.05, 0) is 39.5 Å². The van der Waals surface area contributed by atoms with Gasteiger partial charge >= 0.3 is 33.2 Å². The lowest BCUT2D eigenvalue weighted by molar-refractivity contribution is -0.186. The zero-order valence-corrected chi connectivity index (χ0v) is 16.4. The number of carbonyl (C=O) groups is 2. The first kappa shape index (κ1) is 24.6. The third kappa shape index (κ3) is 5.56. The van der Waals surface area contributed by atoms with E-state index in [1.807, 2.05) is 0 Å². The highest BCUT2D eigenvalue weighted by atomic mass is 32.2. The van der Waals surface area contributed by atoms with Gasteiger partial charge in [0.05, 0.1) is 12.5 Å². The molecule has 28 heavy (non-hydrogen) atoms. The number of halogens is 4. The Morgan fingerprint density at radius 1 is 1.11 bits per heavy atom. The second-order valence-electron chi connectivity index (χ2n) is 6.90. The van der Waals surface area contributed by atoms with Gasteiger partial charge in [-0.3, -0.25) is 9.35 Å². The van der Waals surface area contributed by atoms with Gasteiger partial charge in [0.25, 0.3) is 0 Å². The van der Waals surface area contributed by atoms with Gasteiger partial charge in [-0.15, -0.1) is 0 Å². The van der Waals surface area contributed by atoms with Crippen LogP contribution in [0, 0.1) is 5.92 Å². The molecule has 1 N–H and O–H groups in total. The van der Waals surface area contributed by atoms with E-state index in [-0.39, 0.29) is 6.61 Å². The fraction of sp³-hybridized carbons (Fsp3) is 0.875. The van der Waals surface area contributed by atoms with Crippen LogP contribution in [0.3, 0.4) is 0 Å². The van der Waals surface area contributed by atoms with E-state index in [1.54, 1.807) is 0 Å². The van der Waals surface area contributed by atoms with Crippen LogP contribution in [-0.4, -0.2) is 48.3 Å². The molecule has 0 radical (unpaired) electrons. The number of carbonyl (C=O) groups excluding carboxylic acids is 2. The molecule has 0 bridgehead atoms. The summed E-state index contributed by atoms with van der Waals surface area (Å²) in [6.45, 7) is 2.50. The Morgan fingerprint density at radius 2 is 1.64 bits per heavy atom. The van der Waals surface area contributed by atoms with Crippen molar-refractivity contribution in [2.45, 2.75) is 75.6 Å². The summed E-state index contributed by atoms with van der Waals surface area (Å²) >= 11 is 0. The van der Waals surface area contributed by atoms with Gasteiger partial charge in [0.2, 0.25) is 5.60 Å². The highest BCUT2D eigenvalue weighted by Crippen LogP contribution is 2.42. The predicted molar refractivity (Wildman–Crippen MR) is 88.4 cm³/mol. The molecule has 164 valence electrons. The molecule has 1 saturated carbocycles. The van der Waals surface area contributed by atoms with E-state index >= 15 is 0 Å².